The number of carbonyl (C=O) groups is 1. The average Bonchev–Trinajstić information content (AvgIpc) is 3.33. The fourth-order valence-corrected chi connectivity index (χ4v) is 4.47. The topological polar surface area (TPSA) is 118 Å². The number of aromatic nitrogens is 2. The van der Waals surface area contributed by atoms with E-state index < -0.39 is 13.5 Å². The van der Waals surface area contributed by atoms with Crippen LogP contribution in [0.15, 0.2) is 60.7 Å². The molecule has 1 saturated heterocycles. The predicted octanol–water partition coefficient (Wildman–Crippen LogP) is 2.40. The van der Waals surface area contributed by atoms with Gasteiger partial charge in [-0.25, -0.2) is 0 Å². The van der Waals surface area contributed by atoms with Crippen molar-refractivity contribution < 1.29 is 29.0 Å². The average molecular weight is 536 g/mol. The molecule has 0 saturated carbocycles. The van der Waals surface area contributed by atoms with E-state index in [-0.39, 0.29) is 18.4 Å². The van der Waals surface area contributed by atoms with Gasteiger partial charge in [-0.15, -0.1) is 0 Å². The smallest absolute Gasteiger partial charge is 0.492 e. The molecule has 2 heterocycles. The second-order valence-corrected chi connectivity index (χ2v) is 9.92. The van der Waals surface area contributed by atoms with Crippen LogP contribution in [-0.4, -0.2) is 83.6 Å². The third-order valence-corrected chi connectivity index (χ3v) is 6.35. The number of carbonyl (C=O) groups excluding carboxylic acids is 1. The van der Waals surface area contributed by atoms with Crippen molar-refractivity contribution in [1.82, 2.24) is 20.0 Å². The maximum Gasteiger partial charge on any atom is 0.635 e. The van der Waals surface area contributed by atoms with Crippen LogP contribution < -0.4 is 10.1 Å². The van der Waals surface area contributed by atoms with Crippen molar-refractivity contribution in [3.8, 4) is 28.3 Å². The highest BCUT2D eigenvalue weighted by Gasteiger charge is 2.22. The van der Waals surface area contributed by atoms with E-state index in [2.05, 4.69) is 10.2 Å². The van der Waals surface area contributed by atoms with Crippen molar-refractivity contribution in [2.45, 2.75) is 33.0 Å². The molecule has 39 heavy (non-hydrogen) atoms. The summed E-state index contributed by atoms with van der Waals surface area (Å²) in [7, 11) is -1.98. The number of ether oxygens (including phenoxy) is 2. The molecule has 1 amide bonds. The van der Waals surface area contributed by atoms with Gasteiger partial charge in [-0.2, -0.15) is 5.10 Å². The highest BCUT2D eigenvalue weighted by Crippen LogP contribution is 2.28. The minimum atomic E-state index is -1.98. The zero-order valence-corrected chi connectivity index (χ0v) is 22.5. The van der Waals surface area contributed by atoms with E-state index in [1.54, 1.807) is 4.68 Å². The van der Waals surface area contributed by atoms with Gasteiger partial charge in [0.15, 0.2) is 0 Å². The molecule has 208 valence electrons. The number of hydrogen-bond donors (Lipinski definition) is 3. The van der Waals surface area contributed by atoms with Crippen LogP contribution >= 0.6 is 0 Å². The number of benzene rings is 2. The lowest BCUT2D eigenvalue weighted by Crippen LogP contribution is -2.43. The van der Waals surface area contributed by atoms with E-state index in [9.17, 15) is 14.8 Å². The van der Waals surface area contributed by atoms with Crippen LogP contribution in [0.2, 0.25) is 0 Å². The summed E-state index contributed by atoms with van der Waals surface area (Å²) in [6, 6.07) is 19.5. The third kappa shape index (κ3) is 8.91. The highest BCUT2D eigenvalue weighted by atomic mass is 16.6. The molecular formula is C28H37BN4O6. The number of rotatable bonds is 13. The van der Waals surface area contributed by atoms with Gasteiger partial charge in [0.1, 0.15) is 25.1 Å². The molecule has 0 spiro atoms. The second kappa shape index (κ2) is 14.3. The summed E-state index contributed by atoms with van der Waals surface area (Å²) in [4.78, 5) is 15.3. The van der Waals surface area contributed by atoms with Gasteiger partial charge in [0.2, 0.25) is 5.91 Å². The standard InChI is InChI=1S/C28H37BN4O6/c1-21(2)17-28(39-29(35)36)30-27(34)20-33-26(22-7-4-3-5-8-22)19-25(31-33)23-9-6-10-24(18-23)38-16-13-32-11-14-37-15-12-32/h3-10,18-19,21,28,35-36H,11-17,20H2,1-2H3,(H,30,34)/t28-/m1/s1. The Morgan fingerprint density at radius 3 is 2.54 bits per heavy atom. The SMILES string of the molecule is CC(C)C[C@H](NC(=O)Cn1nc(-c2cccc(OCCN3CCOCC3)c2)cc1-c1ccccc1)OB(O)O. The molecule has 1 aliphatic heterocycles. The van der Waals surface area contributed by atoms with Gasteiger partial charge in [0, 0.05) is 25.2 Å². The molecule has 1 fully saturated rings. The van der Waals surface area contributed by atoms with E-state index in [1.807, 2.05) is 74.5 Å². The summed E-state index contributed by atoms with van der Waals surface area (Å²) < 4.78 is 18.1. The summed E-state index contributed by atoms with van der Waals surface area (Å²) in [5.74, 6) is 0.576. The summed E-state index contributed by atoms with van der Waals surface area (Å²) in [6.07, 6.45) is -0.406. The first-order chi connectivity index (χ1) is 18.9. The lowest BCUT2D eigenvalue weighted by molar-refractivity contribution is -0.125. The maximum absolute atomic E-state index is 13.0. The Bertz CT molecular complexity index is 1170. The number of hydrogen-bond acceptors (Lipinski definition) is 8. The van der Waals surface area contributed by atoms with Gasteiger partial charge in [-0.05, 0) is 36.1 Å². The Hall–Kier alpha value is -3.22. The molecule has 10 nitrogen and oxygen atoms in total. The van der Waals surface area contributed by atoms with Crippen molar-refractivity contribution in [3.05, 3.63) is 60.7 Å². The Morgan fingerprint density at radius 1 is 1.08 bits per heavy atom. The summed E-state index contributed by atoms with van der Waals surface area (Å²) >= 11 is 0. The van der Waals surface area contributed by atoms with Crippen LogP contribution in [-0.2, 0) is 20.7 Å². The molecule has 1 atom stereocenters. The maximum atomic E-state index is 13.0. The molecule has 3 aromatic rings. The van der Waals surface area contributed by atoms with Crippen LogP contribution in [0.25, 0.3) is 22.5 Å². The van der Waals surface area contributed by atoms with Gasteiger partial charge >= 0.3 is 7.32 Å². The number of nitrogens with one attached hydrogen (secondary N) is 1. The fraction of sp³-hybridized carbons (Fsp3) is 0.429. The van der Waals surface area contributed by atoms with Crippen LogP contribution in [0.5, 0.6) is 5.75 Å². The molecule has 11 heteroatoms. The van der Waals surface area contributed by atoms with Crippen molar-refractivity contribution in [1.29, 1.82) is 0 Å². The first-order valence-electron chi connectivity index (χ1n) is 13.3. The predicted molar refractivity (Wildman–Crippen MR) is 149 cm³/mol. The van der Waals surface area contributed by atoms with Crippen LogP contribution in [0.4, 0.5) is 0 Å². The normalized spacial score (nSPS) is 14.8. The second-order valence-electron chi connectivity index (χ2n) is 9.92. The summed E-state index contributed by atoms with van der Waals surface area (Å²) in [5.41, 5.74) is 3.28. The molecular weight excluding hydrogens is 499 g/mol. The van der Waals surface area contributed by atoms with Gasteiger partial charge in [-0.3, -0.25) is 14.4 Å². The Kier molecular flexibility index (Phi) is 10.5. The quantitative estimate of drug-likeness (QED) is 0.225. The first kappa shape index (κ1) is 28.8. The molecule has 0 unspecified atom stereocenters. The van der Waals surface area contributed by atoms with E-state index in [1.165, 1.54) is 0 Å². The Labute approximate surface area is 229 Å². The van der Waals surface area contributed by atoms with Crippen molar-refractivity contribution in [3.63, 3.8) is 0 Å². The van der Waals surface area contributed by atoms with E-state index in [0.717, 1.165) is 55.4 Å². The van der Waals surface area contributed by atoms with Crippen LogP contribution in [0.1, 0.15) is 20.3 Å². The first-order valence-corrected chi connectivity index (χ1v) is 13.3. The van der Waals surface area contributed by atoms with Crippen molar-refractivity contribution in [2.75, 3.05) is 39.5 Å². The van der Waals surface area contributed by atoms with E-state index in [0.29, 0.717) is 18.7 Å². The van der Waals surface area contributed by atoms with Crippen molar-refractivity contribution >= 4 is 13.2 Å². The summed E-state index contributed by atoms with van der Waals surface area (Å²) in [6.45, 7) is 8.62. The monoisotopic (exact) mass is 536 g/mol. The van der Waals surface area contributed by atoms with Gasteiger partial charge in [-0.1, -0.05) is 56.3 Å². The molecule has 1 aliphatic rings. The van der Waals surface area contributed by atoms with E-state index in [4.69, 9.17) is 19.2 Å². The van der Waals surface area contributed by atoms with Crippen LogP contribution in [0, 0.1) is 5.92 Å². The van der Waals surface area contributed by atoms with E-state index >= 15 is 0 Å². The number of morpholine rings is 1. The molecule has 0 aliphatic carbocycles. The lowest BCUT2D eigenvalue weighted by Gasteiger charge is -2.26. The highest BCUT2D eigenvalue weighted by molar-refractivity contribution is 6.32. The largest absolute Gasteiger partial charge is 0.635 e. The zero-order valence-electron chi connectivity index (χ0n) is 22.5. The number of nitrogens with zero attached hydrogens (tertiary/aromatic N) is 3. The Balaban J connectivity index is 1.50. The van der Waals surface area contributed by atoms with Crippen LogP contribution in [0.3, 0.4) is 0 Å². The lowest BCUT2D eigenvalue weighted by atomic mass is 10.1. The van der Waals surface area contributed by atoms with Gasteiger partial charge in [0.25, 0.3) is 0 Å². The minimum absolute atomic E-state index is 0.0700. The van der Waals surface area contributed by atoms with Crippen molar-refractivity contribution in [2.24, 2.45) is 5.92 Å². The zero-order chi connectivity index (χ0) is 27.6. The molecule has 0 radical (unpaired) electrons. The Morgan fingerprint density at radius 2 is 1.82 bits per heavy atom. The molecule has 3 N–H and O–H groups in total. The fourth-order valence-electron chi connectivity index (χ4n) is 4.47. The van der Waals surface area contributed by atoms with Gasteiger partial charge in [0.05, 0.1) is 24.6 Å². The molecule has 2 aromatic carbocycles. The molecule has 4 rings (SSSR count). The molecule has 0 bridgehead atoms. The minimum Gasteiger partial charge on any atom is -0.492 e. The number of amides is 1. The third-order valence-electron chi connectivity index (χ3n) is 6.35. The van der Waals surface area contributed by atoms with Gasteiger partial charge < -0.3 is 29.5 Å². The summed E-state index contributed by atoms with van der Waals surface area (Å²) in [5, 5.41) is 26.0. The molecule has 1 aromatic heterocycles.